The first-order valence-corrected chi connectivity index (χ1v) is 5.26. The van der Waals surface area contributed by atoms with Gasteiger partial charge in [-0.3, -0.25) is 0 Å². The van der Waals surface area contributed by atoms with Gasteiger partial charge in [-0.1, -0.05) is 26.8 Å². The van der Waals surface area contributed by atoms with E-state index in [2.05, 4.69) is 39.8 Å². The van der Waals surface area contributed by atoms with E-state index in [0.717, 1.165) is 18.8 Å². The Kier molecular flexibility index (Phi) is 2.06. The van der Waals surface area contributed by atoms with Gasteiger partial charge in [0.25, 0.3) is 0 Å². The van der Waals surface area contributed by atoms with Gasteiger partial charge in [0.05, 0.1) is 6.61 Å². The van der Waals surface area contributed by atoms with Crippen LogP contribution in [0.4, 0.5) is 0 Å². The summed E-state index contributed by atoms with van der Waals surface area (Å²) in [6.45, 7) is 9.85. The Morgan fingerprint density at radius 2 is 1.93 bits per heavy atom. The third-order valence-corrected chi connectivity index (χ3v) is 2.97. The molecule has 0 aliphatic carbocycles. The number of ether oxygens (including phenoxy) is 1. The largest absolute Gasteiger partial charge is 0.493 e. The topological polar surface area (TPSA) is 9.23 Å². The first-order chi connectivity index (χ1) is 6.50. The SMILES string of the molecule is Cc1c(C(C)(C)C)ccc2c1CCO2. The van der Waals surface area contributed by atoms with Crippen LogP contribution in [0.1, 0.15) is 37.5 Å². The molecule has 1 heteroatoms. The zero-order chi connectivity index (χ0) is 10.3. The van der Waals surface area contributed by atoms with E-state index < -0.39 is 0 Å². The lowest BCUT2D eigenvalue weighted by molar-refractivity contribution is 0.356. The molecule has 0 aromatic heterocycles. The van der Waals surface area contributed by atoms with Crippen LogP contribution in [-0.4, -0.2) is 6.61 Å². The maximum atomic E-state index is 5.55. The third kappa shape index (κ3) is 1.41. The van der Waals surface area contributed by atoms with E-state index in [-0.39, 0.29) is 5.41 Å². The molecule has 2 rings (SSSR count). The van der Waals surface area contributed by atoms with E-state index in [1.807, 2.05) is 0 Å². The van der Waals surface area contributed by atoms with Crippen LogP contribution < -0.4 is 4.74 Å². The van der Waals surface area contributed by atoms with Crippen molar-refractivity contribution in [3.8, 4) is 5.75 Å². The van der Waals surface area contributed by atoms with Gasteiger partial charge in [-0.15, -0.1) is 0 Å². The normalized spacial score (nSPS) is 15.1. The molecule has 0 radical (unpaired) electrons. The second kappa shape index (κ2) is 3.01. The van der Waals surface area contributed by atoms with Gasteiger partial charge in [-0.2, -0.15) is 0 Å². The molecular weight excluding hydrogens is 172 g/mol. The highest BCUT2D eigenvalue weighted by atomic mass is 16.5. The van der Waals surface area contributed by atoms with Crippen LogP contribution in [0.2, 0.25) is 0 Å². The Balaban J connectivity index is 2.56. The molecule has 0 saturated carbocycles. The minimum absolute atomic E-state index is 0.238. The molecular formula is C13H18O. The summed E-state index contributed by atoms with van der Waals surface area (Å²) >= 11 is 0. The highest BCUT2D eigenvalue weighted by Crippen LogP contribution is 2.35. The van der Waals surface area contributed by atoms with Gasteiger partial charge in [-0.25, -0.2) is 0 Å². The minimum Gasteiger partial charge on any atom is -0.493 e. The summed E-state index contributed by atoms with van der Waals surface area (Å²) in [5, 5.41) is 0. The van der Waals surface area contributed by atoms with E-state index in [9.17, 15) is 0 Å². The maximum Gasteiger partial charge on any atom is 0.122 e. The Labute approximate surface area is 86.1 Å². The molecule has 1 aliphatic heterocycles. The van der Waals surface area contributed by atoms with Gasteiger partial charge in [0.2, 0.25) is 0 Å². The molecule has 0 bridgehead atoms. The summed E-state index contributed by atoms with van der Waals surface area (Å²) in [4.78, 5) is 0. The number of hydrogen-bond acceptors (Lipinski definition) is 1. The second-order valence-electron chi connectivity index (χ2n) is 5.06. The van der Waals surface area contributed by atoms with Crippen molar-refractivity contribution >= 4 is 0 Å². The van der Waals surface area contributed by atoms with E-state index >= 15 is 0 Å². The zero-order valence-corrected chi connectivity index (χ0v) is 9.48. The molecule has 0 spiro atoms. The number of benzene rings is 1. The fraction of sp³-hybridized carbons (Fsp3) is 0.538. The van der Waals surface area contributed by atoms with Gasteiger partial charge in [0.15, 0.2) is 0 Å². The fourth-order valence-electron chi connectivity index (χ4n) is 2.25. The highest BCUT2D eigenvalue weighted by molar-refractivity contribution is 5.48. The average Bonchev–Trinajstić information content (AvgIpc) is 2.50. The Morgan fingerprint density at radius 1 is 1.21 bits per heavy atom. The van der Waals surface area contributed by atoms with Crippen molar-refractivity contribution in [1.29, 1.82) is 0 Å². The third-order valence-electron chi connectivity index (χ3n) is 2.97. The molecule has 1 nitrogen and oxygen atoms in total. The number of fused-ring (bicyclic) bond motifs is 1. The van der Waals surface area contributed by atoms with Gasteiger partial charge in [0.1, 0.15) is 5.75 Å². The number of rotatable bonds is 0. The fourth-order valence-corrected chi connectivity index (χ4v) is 2.25. The van der Waals surface area contributed by atoms with Crippen molar-refractivity contribution in [2.45, 2.75) is 39.5 Å². The van der Waals surface area contributed by atoms with Crippen molar-refractivity contribution in [1.82, 2.24) is 0 Å². The summed E-state index contributed by atoms with van der Waals surface area (Å²) in [6, 6.07) is 4.33. The predicted molar refractivity (Wildman–Crippen MR) is 59.1 cm³/mol. The Morgan fingerprint density at radius 3 is 2.57 bits per heavy atom. The maximum absolute atomic E-state index is 5.55. The van der Waals surface area contributed by atoms with Gasteiger partial charge >= 0.3 is 0 Å². The lowest BCUT2D eigenvalue weighted by Gasteiger charge is -2.22. The van der Waals surface area contributed by atoms with Crippen LogP contribution in [0, 0.1) is 6.92 Å². The second-order valence-corrected chi connectivity index (χ2v) is 5.06. The molecule has 0 amide bonds. The van der Waals surface area contributed by atoms with Crippen molar-refractivity contribution in [2.24, 2.45) is 0 Å². The summed E-state index contributed by atoms with van der Waals surface area (Å²) in [7, 11) is 0. The van der Waals surface area contributed by atoms with Crippen LogP contribution in [-0.2, 0) is 11.8 Å². The van der Waals surface area contributed by atoms with Crippen LogP contribution in [0.15, 0.2) is 12.1 Å². The number of hydrogen-bond donors (Lipinski definition) is 0. The molecule has 0 fully saturated rings. The van der Waals surface area contributed by atoms with Crippen molar-refractivity contribution < 1.29 is 4.74 Å². The van der Waals surface area contributed by atoms with Crippen molar-refractivity contribution in [3.05, 3.63) is 28.8 Å². The molecule has 1 aromatic rings. The molecule has 76 valence electrons. The molecule has 14 heavy (non-hydrogen) atoms. The van der Waals surface area contributed by atoms with Gasteiger partial charge in [-0.05, 0) is 29.5 Å². The van der Waals surface area contributed by atoms with Crippen LogP contribution >= 0.6 is 0 Å². The lowest BCUT2D eigenvalue weighted by atomic mass is 9.82. The molecule has 1 aliphatic rings. The van der Waals surface area contributed by atoms with E-state index in [1.54, 1.807) is 0 Å². The first kappa shape index (κ1) is 9.57. The lowest BCUT2D eigenvalue weighted by Crippen LogP contribution is -2.13. The molecule has 0 atom stereocenters. The molecule has 0 N–H and O–H groups in total. The van der Waals surface area contributed by atoms with Gasteiger partial charge in [0, 0.05) is 12.0 Å². The monoisotopic (exact) mass is 190 g/mol. The Bertz CT molecular complexity index is 358. The molecule has 1 aromatic carbocycles. The Hall–Kier alpha value is -0.980. The van der Waals surface area contributed by atoms with E-state index in [1.165, 1.54) is 16.7 Å². The summed E-state index contributed by atoms with van der Waals surface area (Å²) in [5.41, 5.74) is 4.52. The van der Waals surface area contributed by atoms with Crippen molar-refractivity contribution in [2.75, 3.05) is 6.61 Å². The van der Waals surface area contributed by atoms with Crippen LogP contribution in [0.3, 0.4) is 0 Å². The quantitative estimate of drug-likeness (QED) is 0.610. The average molecular weight is 190 g/mol. The smallest absolute Gasteiger partial charge is 0.122 e. The van der Waals surface area contributed by atoms with Gasteiger partial charge < -0.3 is 4.74 Å². The predicted octanol–water partition coefficient (Wildman–Crippen LogP) is 3.23. The summed E-state index contributed by atoms with van der Waals surface area (Å²) in [6.07, 6.45) is 1.07. The highest BCUT2D eigenvalue weighted by Gasteiger charge is 2.22. The molecule has 0 unspecified atom stereocenters. The molecule has 0 saturated heterocycles. The van der Waals surface area contributed by atoms with E-state index in [0.29, 0.717) is 0 Å². The summed E-state index contributed by atoms with van der Waals surface area (Å²) < 4.78 is 5.55. The molecule has 1 heterocycles. The van der Waals surface area contributed by atoms with E-state index in [4.69, 9.17) is 4.74 Å². The van der Waals surface area contributed by atoms with Crippen molar-refractivity contribution in [3.63, 3.8) is 0 Å². The minimum atomic E-state index is 0.238. The summed E-state index contributed by atoms with van der Waals surface area (Å²) in [5.74, 6) is 1.09. The zero-order valence-electron chi connectivity index (χ0n) is 9.48. The first-order valence-electron chi connectivity index (χ1n) is 5.26. The van der Waals surface area contributed by atoms with Crippen LogP contribution in [0.5, 0.6) is 5.75 Å². The van der Waals surface area contributed by atoms with Crippen LogP contribution in [0.25, 0.3) is 0 Å². The standard InChI is InChI=1S/C13H18O/c1-9-10-7-8-14-12(10)6-5-11(9)13(2,3)4/h5-6H,7-8H2,1-4H3.